The van der Waals surface area contributed by atoms with Crippen molar-refractivity contribution >= 4 is 6.03 Å². The van der Waals surface area contributed by atoms with Gasteiger partial charge in [-0.05, 0) is 12.0 Å². The highest BCUT2D eigenvalue weighted by Gasteiger charge is 2.40. The Hall–Kier alpha value is -1.55. The first-order valence-corrected chi connectivity index (χ1v) is 6.53. The molecule has 4 nitrogen and oxygen atoms in total. The minimum atomic E-state index is 0.0572. The van der Waals surface area contributed by atoms with E-state index in [1.165, 1.54) is 5.56 Å². The molecule has 1 saturated heterocycles. The molecule has 1 heterocycles. The van der Waals surface area contributed by atoms with E-state index in [1.54, 1.807) is 0 Å². The fraction of sp³-hybridized carbons (Fsp3) is 0.500. The molecule has 1 aliphatic heterocycles. The molecule has 4 heteroatoms. The summed E-state index contributed by atoms with van der Waals surface area (Å²) in [5.74, 6) is 0.496. The Labute approximate surface area is 107 Å². The molecular weight excluding hydrogens is 228 g/mol. The molecule has 18 heavy (non-hydrogen) atoms. The number of rotatable bonds is 2. The summed E-state index contributed by atoms with van der Waals surface area (Å²) < 4.78 is 5.24. The van der Waals surface area contributed by atoms with Crippen molar-refractivity contribution < 1.29 is 9.53 Å². The van der Waals surface area contributed by atoms with Gasteiger partial charge in [0, 0.05) is 25.0 Å². The first-order chi connectivity index (χ1) is 8.84. The molecule has 2 atom stereocenters. The normalized spacial score (nSPS) is 26.8. The summed E-state index contributed by atoms with van der Waals surface area (Å²) in [6, 6.07) is 10.7. The largest absolute Gasteiger partial charge is 0.378 e. The molecule has 1 N–H and O–H groups in total. The van der Waals surface area contributed by atoms with Gasteiger partial charge in [0.15, 0.2) is 0 Å². The van der Waals surface area contributed by atoms with Gasteiger partial charge in [-0.2, -0.15) is 0 Å². The molecular formula is C14H18N2O2. The predicted octanol–water partition coefficient (Wildman–Crippen LogP) is 1.58. The number of morpholine rings is 1. The predicted molar refractivity (Wildman–Crippen MR) is 68.5 cm³/mol. The first-order valence-electron chi connectivity index (χ1n) is 6.53. The molecule has 1 saturated carbocycles. The second-order valence-corrected chi connectivity index (χ2v) is 4.91. The van der Waals surface area contributed by atoms with E-state index in [0.717, 1.165) is 6.42 Å². The summed E-state index contributed by atoms with van der Waals surface area (Å²) in [5, 5.41) is 3.10. The van der Waals surface area contributed by atoms with Crippen molar-refractivity contribution in [2.24, 2.45) is 0 Å². The molecule has 2 unspecified atom stereocenters. The number of urea groups is 1. The van der Waals surface area contributed by atoms with E-state index in [2.05, 4.69) is 29.6 Å². The molecule has 1 aromatic carbocycles. The van der Waals surface area contributed by atoms with Gasteiger partial charge in [-0.3, -0.25) is 0 Å². The lowest BCUT2D eigenvalue weighted by atomic mass is 10.1. The Balaban J connectivity index is 1.51. The van der Waals surface area contributed by atoms with Gasteiger partial charge in [0.1, 0.15) is 0 Å². The summed E-state index contributed by atoms with van der Waals surface area (Å²) >= 11 is 0. The molecule has 0 spiro atoms. The lowest BCUT2D eigenvalue weighted by Gasteiger charge is -2.27. The fourth-order valence-electron chi connectivity index (χ4n) is 2.44. The summed E-state index contributed by atoms with van der Waals surface area (Å²) in [4.78, 5) is 13.8. The van der Waals surface area contributed by atoms with Crippen LogP contribution in [0.15, 0.2) is 30.3 Å². The number of benzene rings is 1. The lowest BCUT2D eigenvalue weighted by molar-refractivity contribution is 0.0531. The summed E-state index contributed by atoms with van der Waals surface area (Å²) in [7, 11) is 0. The average Bonchev–Trinajstić information content (AvgIpc) is 3.20. The number of hydrogen-bond acceptors (Lipinski definition) is 2. The van der Waals surface area contributed by atoms with Crippen LogP contribution >= 0.6 is 0 Å². The molecule has 0 aromatic heterocycles. The number of amides is 2. The quantitative estimate of drug-likeness (QED) is 0.861. The molecule has 0 bridgehead atoms. The van der Waals surface area contributed by atoms with Crippen LogP contribution in [0.25, 0.3) is 0 Å². The van der Waals surface area contributed by atoms with Gasteiger partial charge < -0.3 is 15.0 Å². The van der Waals surface area contributed by atoms with Crippen LogP contribution in [0.3, 0.4) is 0 Å². The van der Waals surface area contributed by atoms with Crippen molar-refractivity contribution in [3.8, 4) is 0 Å². The molecule has 96 valence electrons. The van der Waals surface area contributed by atoms with Crippen molar-refractivity contribution in [1.29, 1.82) is 0 Å². The van der Waals surface area contributed by atoms with Crippen molar-refractivity contribution in [2.45, 2.75) is 18.4 Å². The van der Waals surface area contributed by atoms with Gasteiger partial charge in [0.25, 0.3) is 0 Å². The second-order valence-electron chi connectivity index (χ2n) is 4.91. The van der Waals surface area contributed by atoms with Gasteiger partial charge in [-0.15, -0.1) is 0 Å². The van der Waals surface area contributed by atoms with E-state index in [0.29, 0.717) is 38.3 Å². The van der Waals surface area contributed by atoms with E-state index in [9.17, 15) is 4.79 Å². The minimum Gasteiger partial charge on any atom is -0.378 e. The van der Waals surface area contributed by atoms with Gasteiger partial charge in [-0.25, -0.2) is 4.79 Å². The molecule has 0 radical (unpaired) electrons. The molecule has 3 rings (SSSR count). The smallest absolute Gasteiger partial charge is 0.317 e. The van der Waals surface area contributed by atoms with E-state index < -0.39 is 0 Å². The Kier molecular flexibility index (Phi) is 3.19. The van der Waals surface area contributed by atoms with Crippen LogP contribution in [0, 0.1) is 0 Å². The Morgan fingerprint density at radius 2 is 1.94 bits per heavy atom. The van der Waals surface area contributed by atoms with Crippen molar-refractivity contribution in [2.75, 3.05) is 26.3 Å². The van der Waals surface area contributed by atoms with E-state index >= 15 is 0 Å². The number of carbonyl (C=O) groups excluding carboxylic acids is 1. The lowest BCUT2D eigenvalue weighted by Crippen LogP contribution is -2.47. The van der Waals surface area contributed by atoms with E-state index in [1.807, 2.05) is 11.0 Å². The van der Waals surface area contributed by atoms with Crippen LogP contribution < -0.4 is 5.32 Å². The Bertz CT molecular complexity index is 415. The number of ether oxygens (including phenoxy) is 1. The van der Waals surface area contributed by atoms with Gasteiger partial charge >= 0.3 is 6.03 Å². The van der Waals surface area contributed by atoms with E-state index in [4.69, 9.17) is 4.74 Å². The standard InChI is InChI=1S/C14H18N2O2/c17-14(16-6-8-18-9-7-16)15-13-10-12(13)11-4-2-1-3-5-11/h1-5,12-13H,6-10H2,(H,15,17). The van der Waals surface area contributed by atoms with Crippen molar-refractivity contribution in [3.05, 3.63) is 35.9 Å². The van der Waals surface area contributed by atoms with Crippen LogP contribution in [0.1, 0.15) is 17.9 Å². The summed E-state index contributed by atoms with van der Waals surface area (Å²) in [5.41, 5.74) is 1.32. The summed E-state index contributed by atoms with van der Waals surface area (Å²) in [6.45, 7) is 2.71. The van der Waals surface area contributed by atoms with Crippen molar-refractivity contribution in [1.82, 2.24) is 10.2 Å². The SMILES string of the molecule is O=C(NC1CC1c1ccccc1)N1CCOCC1. The summed E-state index contributed by atoms with van der Waals surface area (Å²) in [6.07, 6.45) is 1.06. The molecule has 2 aliphatic rings. The number of nitrogens with zero attached hydrogens (tertiary/aromatic N) is 1. The Morgan fingerprint density at radius 3 is 2.67 bits per heavy atom. The highest BCUT2D eigenvalue weighted by molar-refractivity contribution is 5.75. The monoisotopic (exact) mass is 246 g/mol. The number of carbonyl (C=O) groups is 1. The maximum atomic E-state index is 12.0. The molecule has 2 amide bonds. The zero-order chi connectivity index (χ0) is 12.4. The highest BCUT2D eigenvalue weighted by Crippen LogP contribution is 2.40. The van der Waals surface area contributed by atoms with Crippen LogP contribution in [0.2, 0.25) is 0 Å². The van der Waals surface area contributed by atoms with Crippen LogP contribution in [-0.4, -0.2) is 43.3 Å². The van der Waals surface area contributed by atoms with Gasteiger partial charge in [-0.1, -0.05) is 30.3 Å². The van der Waals surface area contributed by atoms with Crippen LogP contribution in [-0.2, 0) is 4.74 Å². The number of hydrogen-bond donors (Lipinski definition) is 1. The van der Waals surface area contributed by atoms with Crippen LogP contribution in [0.5, 0.6) is 0 Å². The number of nitrogens with one attached hydrogen (secondary N) is 1. The van der Waals surface area contributed by atoms with Crippen LogP contribution in [0.4, 0.5) is 4.79 Å². The highest BCUT2D eigenvalue weighted by atomic mass is 16.5. The Morgan fingerprint density at radius 1 is 1.22 bits per heavy atom. The van der Waals surface area contributed by atoms with E-state index in [-0.39, 0.29) is 6.03 Å². The maximum absolute atomic E-state index is 12.0. The maximum Gasteiger partial charge on any atom is 0.317 e. The third-order valence-electron chi connectivity index (χ3n) is 3.63. The third-order valence-corrected chi connectivity index (χ3v) is 3.63. The average molecular weight is 246 g/mol. The fourth-order valence-corrected chi connectivity index (χ4v) is 2.44. The topological polar surface area (TPSA) is 41.6 Å². The molecule has 1 aromatic rings. The van der Waals surface area contributed by atoms with Gasteiger partial charge in [0.2, 0.25) is 0 Å². The molecule has 2 fully saturated rings. The third kappa shape index (κ3) is 2.48. The van der Waals surface area contributed by atoms with Gasteiger partial charge in [0.05, 0.1) is 13.2 Å². The van der Waals surface area contributed by atoms with Crippen molar-refractivity contribution in [3.63, 3.8) is 0 Å². The minimum absolute atomic E-state index is 0.0572. The first kappa shape index (κ1) is 11.5. The second kappa shape index (κ2) is 4.98. The molecule has 1 aliphatic carbocycles. The zero-order valence-corrected chi connectivity index (χ0v) is 10.3. The zero-order valence-electron chi connectivity index (χ0n) is 10.3.